The summed E-state index contributed by atoms with van der Waals surface area (Å²) in [6.45, 7) is 4.85. The molecule has 4 aliphatic rings. The highest BCUT2D eigenvalue weighted by Crippen LogP contribution is 2.66. The largest absolute Gasteiger partial charge is 0.497 e. The van der Waals surface area contributed by atoms with Crippen molar-refractivity contribution in [1.29, 1.82) is 0 Å². The molecule has 4 fully saturated rings. The zero-order valence-electron chi connectivity index (χ0n) is 20.0. The van der Waals surface area contributed by atoms with Gasteiger partial charge in [0.2, 0.25) is 11.8 Å². The highest BCUT2D eigenvalue weighted by atomic mass is 16.5. The number of piperidine rings is 1. The van der Waals surface area contributed by atoms with E-state index in [0.717, 1.165) is 43.5 Å². The van der Waals surface area contributed by atoms with Crippen LogP contribution in [0.3, 0.4) is 0 Å². The third-order valence-electron chi connectivity index (χ3n) is 10.2. The summed E-state index contributed by atoms with van der Waals surface area (Å²) in [5, 5.41) is 3.19. The number of carbonyl (C=O) groups excluding carboxylic acids is 2. The zero-order chi connectivity index (χ0) is 22.7. The molecule has 7 atom stereocenters. The minimum Gasteiger partial charge on any atom is -0.497 e. The Labute approximate surface area is 192 Å². The van der Waals surface area contributed by atoms with Gasteiger partial charge in [-0.15, -0.1) is 0 Å². The molecule has 32 heavy (non-hydrogen) atoms. The predicted octanol–water partition coefficient (Wildman–Crippen LogP) is 5.11. The van der Waals surface area contributed by atoms with Gasteiger partial charge in [0.25, 0.3) is 0 Å². The summed E-state index contributed by atoms with van der Waals surface area (Å²) in [7, 11) is 3.67. The fourth-order valence-corrected chi connectivity index (χ4v) is 8.51. The van der Waals surface area contributed by atoms with Gasteiger partial charge in [0.15, 0.2) is 0 Å². The van der Waals surface area contributed by atoms with Crippen LogP contribution in [-0.4, -0.2) is 36.9 Å². The maximum absolute atomic E-state index is 13.4. The molecule has 5 rings (SSSR count). The van der Waals surface area contributed by atoms with E-state index in [1.165, 1.54) is 12.8 Å². The second kappa shape index (κ2) is 7.78. The van der Waals surface area contributed by atoms with E-state index in [1.807, 2.05) is 31.3 Å². The van der Waals surface area contributed by atoms with Crippen molar-refractivity contribution in [2.45, 2.75) is 71.3 Å². The average Bonchev–Trinajstić information content (AvgIpc) is 3.14. The third kappa shape index (κ3) is 3.18. The number of rotatable bonds is 3. The minimum absolute atomic E-state index is 0.0702. The molecule has 0 aromatic heterocycles. The molecule has 0 radical (unpaired) electrons. The Balaban J connectivity index is 1.35. The standard InChI is InChI=1S/C27H38N2O3/c1-26-14-12-21-19(8-11-23-27(21,2)15-13-24(30)29(23)3)20(26)9-10-22(26)25(31)28-17-6-5-7-18(16-17)32-4/h5-7,16,19-23H,8-15H2,1-4H3,(H,28,31)/t19-,20-,21+,22?,23?,26-,27+/m0/s1. The maximum Gasteiger partial charge on any atom is 0.228 e. The van der Waals surface area contributed by atoms with Gasteiger partial charge in [-0.1, -0.05) is 19.9 Å². The van der Waals surface area contributed by atoms with E-state index < -0.39 is 0 Å². The van der Waals surface area contributed by atoms with Crippen molar-refractivity contribution in [3.63, 3.8) is 0 Å². The summed E-state index contributed by atoms with van der Waals surface area (Å²) in [5.74, 6) is 3.30. The number of amides is 2. The molecule has 3 aliphatic carbocycles. The normalized spacial score (nSPS) is 40.8. The van der Waals surface area contributed by atoms with Crippen molar-refractivity contribution in [3.05, 3.63) is 24.3 Å². The lowest BCUT2D eigenvalue weighted by Crippen LogP contribution is -2.61. The van der Waals surface area contributed by atoms with Gasteiger partial charge in [-0.25, -0.2) is 0 Å². The third-order valence-corrected chi connectivity index (χ3v) is 10.2. The first-order chi connectivity index (χ1) is 15.3. The zero-order valence-corrected chi connectivity index (χ0v) is 20.0. The quantitative estimate of drug-likeness (QED) is 0.713. The summed E-state index contributed by atoms with van der Waals surface area (Å²) in [6, 6.07) is 8.05. The number of benzene rings is 1. The van der Waals surface area contributed by atoms with E-state index in [9.17, 15) is 9.59 Å². The fraction of sp³-hybridized carbons (Fsp3) is 0.704. The highest BCUT2D eigenvalue weighted by Gasteiger charge is 2.62. The summed E-state index contributed by atoms with van der Waals surface area (Å²) >= 11 is 0. The SMILES string of the molecule is COc1cccc(NC(=O)C2CC[C@H]3[C@@H]4CCC5N(C)C(=O)CC[C@]5(C)[C@@H]4CC[C@]23C)c1. The summed E-state index contributed by atoms with van der Waals surface area (Å²) in [5.41, 5.74) is 1.12. The molecule has 1 heterocycles. The minimum atomic E-state index is 0.0702. The Morgan fingerprint density at radius 1 is 1.06 bits per heavy atom. The number of hydrogen-bond donors (Lipinski definition) is 1. The molecule has 0 bridgehead atoms. The first-order valence-electron chi connectivity index (χ1n) is 12.5. The number of nitrogens with zero attached hydrogens (tertiary/aromatic N) is 1. The molecule has 3 saturated carbocycles. The monoisotopic (exact) mass is 438 g/mol. The number of nitrogens with one attached hydrogen (secondary N) is 1. The Kier molecular flexibility index (Phi) is 5.29. The van der Waals surface area contributed by atoms with E-state index in [1.54, 1.807) is 7.11 Å². The number of hydrogen-bond acceptors (Lipinski definition) is 3. The number of methoxy groups -OCH3 is 1. The molecule has 1 saturated heterocycles. The number of carbonyl (C=O) groups is 2. The van der Waals surface area contributed by atoms with Crippen LogP contribution in [0, 0.1) is 34.5 Å². The topological polar surface area (TPSA) is 58.6 Å². The summed E-state index contributed by atoms with van der Waals surface area (Å²) < 4.78 is 5.32. The van der Waals surface area contributed by atoms with Gasteiger partial charge >= 0.3 is 0 Å². The van der Waals surface area contributed by atoms with Gasteiger partial charge in [-0.2, -0.15) is 0 Å². The average molecular weight is 439 g/mol. The van der Waals surface area contributed by atoms with Crippen LogP contribution >= 0.6 is 0 Å². The fourth-order valence-electron chi connectivity index (χ4n) is 8.51. The smallest absolute Gasteiger partial charge is 0.228 e. The van der Waals surface area contributed by atoms with Crippen molar-refractivity contribution in [1.82, 2.24) is 4.90 Å². The first-order valence-corrected chi connectivity index (χ1v) is 12.5. The highest BCUT2D eigenvalue weighted by molar-refractivity contribution is 5.93. The van der Waals surface area contributed by atoms with Crippen LogP contribution in [0.4, 0.5) is 5.69 Å². The van der Waals surface area contributed by atoms with E-state index in [0.29, 0.717) is 36.1 Å². The van der Waals surface area contributed by atoms with Gasteiger partial charge < -0.3 is 15.0 Å². The van der Waals surface area contributed by atoms with Crippen molar-refractivity contribution >= 4 is 17.5 Å². The molecular formula is C27H38N2O3. The molecule has 1 aliphatic heterocycles. The summed E-state index contributed by atoms with van der Waals surface area (Å²) in [6.07, 6.45) is 8.50. The Morgan fingerprint density at radius 2 is 1.84 bits per heavy atom. The van der Waals surface area contributed by atoms with Crippen molar-refractivity contribution in [3.8, 4) is 5.75 Å². The molecule has 1 aromatic carbocycles. The van der Waals surface area contributed by atoms with E-state index in [2.05, 4.69) is 24.1 Å². The van der Waals surface area contributed by atoms with Gasteiger partial charge in [0.05, 0.1) is 7.11 Å². The van der Waals surface area contributed by atoms with Crippen LogP contribution in [-0.2, 0) is 9.59 Å². The van der Waals surface area contributed by atoms with Crippen molar-refractivity contribution in [2.24, 2.45) is 34.5 Å². The Morgan fingerprint density at radius 3 is 2.62 bits per heavy atom. The molecule has 5 heteroatoms. The Bertz CT molecular complexity index is 916. The Hall–Kier alpha value is -2.04. The molecular weight excluding hydrogens is 400 g/mol. The molecule has 2 unspecified atom stereocenters. The number of fused-ring (bicyclic) bond motifs is 5. The van der Waals surface area contributed by atoms with Crippen LogP contribution in [0.5, 0.6) is 5.75 Å². The van der Waals surface area contributed by atoms with Crippen molar-refractivity contribution in [2.75, 3.05) is 19.5 Å². The lowest BCUT2D eigenvalue weighted by Gasteiger charge is -2.61. The number of likely N-dealkylation sites (tertiary alicyclic amines) is 1. The van der Waals surface area contributed by atoms with Crippen LogP contribution in [0.2, 0.25) is 0 Å². The van der Waals surface area contributed by atoms with E-state index >= 15 is 0 Å². The molecule has 1 aromatic rings. The molecule has 2 amide bonds. The number of ether oxygens (including phenoxy) is 1. The molecule has 174 valence electrons. The van der Waals surface area contributed by atoms with Crippen LogP contribution in [0.15, 0.2) is 24.3 Å². The van der Waals surface area contributed by atoms with E-state index in [4.69, 9.17) is 4.74 Å². The van der Waals surface area contributed by atoms with Crippen LogP contribution in [0.25, 0.3) is 0 Å². The van der Waals surface area contributed by atoms with Gasteiger partial charge in [-0.3, -0.25) is 9.59 Å². The first kappa shape index (κ1) is 21.8. The molecule has 0 spiro atoms. The number of anilines is 1. The van der Waals surface area contributed by atoms with Crippen LogP contribution in [0.1, 0.15) is 65.2 Å². The lowest BCUT2D eigenvalue weighted by molar-refractivity contribution is -0.159. The molecule has 1 N–H and O–H groups in total. The summed E-state index contributed by atoms with van der Waals surface area (Å²) in [4.78, 5) is 27.8. The van der Waals surface area contributed by atoms with Gasteiger partial charge in [0.1, 0.15) is 5.75 Å². The van der Waals surface area contributed by atoms with E-state index in [-0.39, 0.29) is 22.7 Å². The maximum atomic E-state index is 13.4. The second-order valence-electron chi connectivity index (χ2n) is 11.4. The van der Waals surface area contributed by atoms with Crippen molar-refractivity contribution < 1.29 is 14.3 Å². The predicted molar refractivity (Wildman–Crippen MR) is 125 cm³/mol. The van der Waals surface area contributed by atoms with Crippen LogP contribution < -0.4 is 10.1 Å². The molecule has 5 nitrogen and oxygen atoms in total. The second-order valence-corrected chi connectivity index (χ2v) is 11.4. The van der Waals surface area contributed by atoms with Gasteiger partial charge in [0, 0.05) is 37.2 Å². The van der Waals surface area contributed by atoms with Gasteiger partial charge in [-0.05, 0) is 85.7 Å². The lowest BCUT2D eigenvalue weighted by atomic mass is 9.47.